The van der Waals surface area contributed by atoms with E-state index in [0.29, 0.717) is 11.3 Å². The molecule has 0 saturated heterocycles. The largest absolute Gasteiger partial charge is 0.487 e. The maximum atomic E-state index is 12.2. The quantitative estimate of drug-likeness (QED) is 0.741. The van der Waals surface area contributed by atoms with Crippen LogP contribution in [0.25, 0.3) is 5.65 Å². The van der Waals surface area contributed by atoms with Crippen molar-refractivity contribution in [3.63, 3.8) is 0 Å². The zero-order valence-electron chi connectivity index (χ0n) is 12.0. The van der Waals surface area contributed by atoms with Crippen LogP contribution in [0.2, 0.25) is 0 Å². The molecule has 3 aromatic rings. The zero-order chi connectivity index (χ0) is 14.8. The van der Waals surface area contributed by atoms with E-state index >= 15 is 0 Å². The van der Waals surface area contributed by atoms with E-state index in [9.17, 15) is 4.79 Å². The van der Waals surface area contributed by atoms with E-state index in [0.717, 1.165) is 17.0 Å². The maximum Gasteiger partial charge on any atom is 0.258 e. The van der Waals surface area contributed by atoms with Crippen molar-refractivity contribution >= 4 is 5.65 Å². The monoisotopic (exact) mass is 280 g/mol. The molecule has 0 atom stereocenters. The normalized spacial score (nSPS) is 10.8. The number of ether oxygens (including phenoxy) is 1. The molecule has 0 aliphatic heterocycles. The van der Waals surface area contributed by atoms with Gasteiger partial charge in [0, 0.05) is 11.8 Å². The van der Waals surface area contributed by atoms with Gasteiger partial charge in [-0.25, -0.2) is 4.98 Å². The Morgan fingerprint density at radius 1 is 1.10 bits per heavy atom. The van der Waals surface area contributed by atoms with Crippen molar-refractivity contribution in [2.75, 3.05) is 0 Å². The van der Waals surface area contributed by atoms with Gasteiger partial charge in [0.05, 0.1) is 5.69 Å². The molecule has 0 fully saturated rings. The van der Waals surface area contributed by atoms with Gasteiger partial charge in [-0.05, 0) is 37.6 Å². The molecule has 0 bridgehead atoms. The molecule has 0 spiro atoms. The highest BCUT2D eigenvalue weighted by Crippen LogP contribution is 2.17. The maximum absolute atomic E-state index is 12.2. The van der Waals surface area contributed by atoms with E-state index < -0.39 is 0 Å². The van der Waals surface area contributed by atoms with Crippen LogP contribution in [0.5, 0.6) is 5.75 Å². The molecule has 0 saturated carbocycles. The highest BCUT2D eigenvalue weighted by molar-refractivity contribution is 5.40. The van der Waals surface area contributed by atoms with E-state index in [2.05, 4.69) is 4.98 Å². The number of hydrogen-bond donors (Lipinski definition) is 0. The van der Waals surface area contributed by atoms with Gasteiger partial charge in [-0.2, -0.15) is 0 Å². The third kappa shape index (κ3) is 2.65. The molecule has 2 aromatic heterocycles. The van der Waals surface area contributed by atoms with Crippen LogP contribution in [0.4, 0.5) is 0 Å². The van der Waals surface area contributed by atoms with Crippen LogP contribution in [-0.4, -0.2) is 9.38 Å². The van der Waals surface area contributed by atoms with Crippen LogP contribution in [-0.2, 0) is 6.61 Å². The smallest absolute Gasteiger partial charge is 0.258 e. The molecule has 21 heavy (non-hydrogen) atoms. The Kier molecular flexibility index (Phi) is 3.44. The predicted molar refractivity (Wildman–Crippen MR) is 81.7 cm³/mol. The van der Waals surface area contributed by atoms with Crippen molar-refractivity contribution < 1.29 is 4.74 Å². The summed E-state index contributed by atoms with van der Waals surface area (Å²) in [6.07, 6.45) is 0. The third-order valence-electron chi connectivity index (χ3n) is 3.40. The lowest BCUT2D eigenvalue weighted by Gasteiger charge is -2.09. The molecule has 0 aliphatic carbocycles. The highest BCUT2D eigenvalue weighted by atomic mass is 16.5. The summed E-state index contributed by atoms with van der Waals surface area (Å²) in [6.45, 7) is 4.16. The summed E-state index contributed by atoms with van der Waals surface area (Å²) in [4.78, 5) is 16.6. The van der Waals surface area contributed by atoms with Crippen molar-refractivity contribution in [3.8, 4) is 5.75 Å². The van der Waals surface area contributed by atoms with Gasteiger partial charge >= 0.3 is 0 Å². The zero-order valence-corrected chi connectivity index (χ0v) is 12.0. The van der Waals surface area contributed by atoms with E-state index in [1.807, 2.05) is 56.3 Å². The van der Waals surface area contributed by atoms with Crippen LogP contribution >= 0.6 is 0 Å². The Morgan fingerprint density at radius 3 is 2.71 bits per heavy atom. The fourth-order valence-electron chi connectivity index (χ4n) is 2.31. The van der Waals surface area contributed by atoms with Crippen LogP contribution < -0.4 is 10.3 Å². The van der Waals surface area contributed by atoms with Crippen LogP contribution in [0.15, 0.2) is 53.3 Å². The molecule has 0 amide bonds. The summed E-state index contributed by atoms with van der Waals surface area (Å²) < 4.78 is 7.34. The second-order valence-electron chi connectivity index (χ2n) is 5.00. The lowest BCUT2D eigenvalue weighted by atomic mass is 10.2. The molecular formula is C17H16N2O2. The van der Waals surface area contributed by atoms with Gasteiger partial charge in [-0.15, -0.1) is 0 Å². The first-order valence-corrected chi connectivity index (χ1v) is 6.82. The molecule has 0 aliphatic rings. The SMILES string of the molecule is Cc1ccccc1OCc1cc(=O)n2c(C)cccc2n1. The molecular weight excluding hydrogens is 264 g/mol. The molecule has 3 rings (SSSR count). The summed E-state index contributed by atoms with van der Waals surface area (Å²) in [5, 5.41) is 0. The Balaban J connectivity index is 1.92. The second-order valence-corrected chi connectivity index (χ2v) is 5.00. The number of aromatic nitrogens is 2. The summed E-state index contributed by atoms with van der Waals surface area (Å²) in [5.74, 6) is 0.809. The molecule has 106 valence electrons. The van der Waals surface area contributed by atoms with Gasteiger partial charge in [0.15, 0.2) is 0 Å². The first-order chi connectivity index (χ1) is 10.1. The Labute approximate surface area is 122 Å². The van der Waals surface area contributed by atoms with Crippen molar-refractivity contribution in [1.82, 2.24) is 9.38 Å². The lowest BCUT2D eigenvalue weighted by molar-refractivity contribution is 0.299. The van der Waals surface area contributed by atoms with Gasteiger partial charge in [-0.3, -0.25) is 9.20 Å². The van der Waals surface area contributed by atoms with Gasteiger partial charge in [0.1, 0.15) is 18.0 Å². The number of para-hydroxylation sites is 1. The number of fused-ring (bicyclic) bond motifs is 1. The molecule has 1 aromatic carbocycles. The van der Waals surface area contributed by atoms with Crippen molar-refractivity contribution in [2.24, 2.45) is 0 Å². The van der Waals surface area contributed by atoms with Gasteiger partial charge in [-0.1, -0.05) is 24.3 Å². The van der Waals surface area contributed by atoms with Crippen molar-refractivity contribution in [3.05, 3.63) is 75.8 Å². The van der Waals surface area contributed by atoms with E-state index in [4.69, 9.17) is 4.74 Å². The number of nitrogens with zero attached hydrogens (tertiary/aromatic N) is 2. The van der Waals surface area contributed by atoms with Gasteiger partial charge < -0.3 is 4.74 Å². The fraction of sp³-hybridized carbons (Fsp3) is 0.176. The standard InChI is InChI=1S/C17H16N2O2/c1-12-6-3-4-8-15(12)21-11-14-10-17(20)19-13(2)7-5-9-16(19)18-14/h3-10H,11H2,1-2H3. The third-order valence-corrected chi connectivity index (χ3v) is 3.40. The molecule has 0 N–H and O–H groups in total. The number of benzene rings is 1. The summed E-state index contributed by atoms with van der Waals surface area (Å²) >= 11 is 0. The van der Waals surface area contributed by atoms with Crippen LogP contribution in [0, 0.1) is 13.8 Å². The van der Waals surface area contributed by atoms with Crippen molar-refractivity contribution in [1.29, 1.82) is 0 Å². The molecule has 0 unspecified atom stereocenters. The number of rotatable bonds is 3. The minimum absolute atomic E-state index is 0.0820. The summed E-state index contributed by atoms with van der Waals surface area (Å²) in [6, 6.07) is 14.9. The average Bonchev–Trinajstić information content (AvgIpc) is 2.46. The van der Waals surface area contributed by atoms with Crippen LogP contribution in [0.3, 0.4) is 0 Å². The Bertz CT molecular complexity index is 853. The molecule has 4 nitrogen and oxygen atoms in total. The Hall–Kier alpha value is -2.62. The summed E-state index contributed by atoms with van der Waals surface area (Å²) in [5.41, 5.74) is 3.13. The Morgan fingerprint density at radius 2 is 1.90 bits per heavy atom. The second kappa shape index (κ2) is 5.40. The molecule has 2 heterocycles. The van der Waals surface area contributed by atoms with Crippen molar-refractivity contribution in [2.45, 2.75) is 20.5 Å². The van der Waals surface area contributed by atoms with Gasteiger partial charge in [0.25, 0.3) is 5.56 Å². The number of hydrogen-bond acceptors (Lipinski definition) is 3. The van der Waals surface area contributed by atoms with E-state index in [1.54, 1.807) is 4.40 Å². The predicted octanol–water partition coefficient (Wildman–Crippen LogP) is 2.89. The van der Waals surface area contributed by atoms with E-state index in [1.165, 1.54) is 6.07 Å². The van der Waals surface area contributed by atoms with E-state index in [-0.39, 0.29) is 12.2 Å². The number of pyridine rings is 1. The first-order valence-electron chi connectivity index (χ1n) is 6.82. The summed E-state index contributed by atoms with van der Waals surface area (Å²) in [7, 11) is 0. The first kappa shape index (κ1) is 13.4. The lowest BCUT2D eigenvalue weighted by Crippen LogP contribution is -2.18. The number of aryl methyl sites for hydroxylation is 2. The molecule has 4 heteroatoms. The van der Waals surface area contributed by atoms with Gasteiger partial charge in [0.2, 0.25) is 0 Å². The van der Waals surface area contributed by atoms with Crippen LogP contribution in [0.1, 0.15) is 17.0 Å². The average molecular weight is 280 g/mol. The molecule has 0 radical (unpaired) electrons. The highest BCUT2D eigenvalue weighted by Gasteiger charge is 2.05. The minimum Gasteiger partial charge on any atom is -0.487 e. The minimum atomic E-state index is -0.0820. The fourth-order valence-corrected chi connectivity index (χ4v) is 2.31. The topological polar surface area (TPSA) is 43.6 Å².